The molecule has 0 bridgehead atoms. The van der Waals surface area contributed by atoms with E-state index in [1.165, 1.54) is 0 Å². The Kier molecular flexibility index (Phi) is 10.3. The molecule has 0 radical (unpaired) electrons. The third kappa shape index (κ3) is 8.94. The van der Waals surface area contributed by atoms with Crippen LogP contribution in [0.3, 0.4) is 0 Å². The van der Waals surface area contributed by atoms with Crippen molar-refractivity contribution < 1.29 is 36.5 Å². The van der Waals surface area contributed by atoms with Gasteiger partial charge in [0.15, 0.2) is 0 Å². The van der Waals surface area contributed by atoms with E-state index < -0.39 is 34.7 Å². The van der Waals surface area contributed by atoms with Gasteiger partial charge in [-0.25, -0.2) is 8.88 Å². The third-order valence-corrected chi connectivity index (χ3v) is 10.1. The second kappa shape index (κ2) is 10.3. The van der Waals surface area contributed by atoms with Crippen molar-refractivity contribution in [1.82, 2.24) is 0 Å². The number of hydrogen-bond donors (Lipinski definition) is 0. The third-order valence-electron chi connectivity index (χ3n) is 2.69. The highest BCUT2D eigenvalue weighted by molar-refractivity contribution is 7.72. The maximum Gasteiger partial charge on any atom is 0.388 e. The van der Waals surface area contributed by atoms with Crippen molar-refractivity contribution in [3.05, 3.63) is 0 Å². The lowest BCUT2D eigenvalue weighted by atomic mass is 10.2. The quantitative estimate of drug-likeness (QED) is 0.439. The van der Waals surface area contributed by atoms with Gasteiger partial charge in [-0.2, -0.15) is 0 Å². The molecular formula is C13H28O8P3-. The molecule has 0 spiro atoms. The van der Waals surface area contributed by atoms with E-state index in [0.717, 1.165) is 0 Å². The Bertz CT molecular complexity index is 545. The summed E-state index contributed by atoms with van der Waals surface area (Å²) in [6.07, 6.45) is 0.178. The molecule has 0 aliphatic rings. The van der Waals surface area contributed by atoms with Gasteiger partial charge in [0, 0.05) is 6.16 Å². The van der Waals surface area contributed by atoms with Gasteiger partial charge in [-0.1, -0.05) is 34.6 Å². The van der Waals surface area contributed by atoms with Crippen LogP contribution in [0.1, 0.15) is 53.9 Å². The molecule has 0 fully saturated rings. The largest absolute Gasteiger partial charge is 0.778 e. The summed E-state index contributed by atoms with van der Waals surface area (Å²) in [5.41, 5.74) is 0. The first-order chi connectivity index (χ1) is 10.9. The Balaban J connectivity index is 5.48. The summed E-state index contributed by atoms with van der Waals surface area (Å²) in [5.74, 6) is -1.33. The topological polar surface area (TPSA) is 119 Å². The second-order valence-electron chi connectivity index (χ2n) is 5.73. The summed E-state index contributed by atoms with van der Waals surface area (Å²) in [6.45, 7) is 8.06. The lowest BCUT2D eigenvalue weighted by Crippen LogP contribution is -2.14. The van der Waals surface area contributed by atoms with E-state index in [1.54, 1.807) is 34.6 Å². The highest BCUT2D eigenvalue weighted by Crippen LogP contribution is 2.70. The summed E-state index contributed by atoms with van der Waals surface area (Å²) in [4.78, 5) is 23.6. The molecule has 0 aromatic rings. The van der Waals surface area contributed by atoms with Gasteiger partial charge in [0.05, 0.1) is 18.2 Å². The van der Waals surface area contributed by atoms with E-state index in [4.69, 9.17) is 13.1 Å². The minimum Gasteiger partial charge on any atom is -0.778 e. The molecule has 24 heavy (non-hydrogen) atoms. The number of carbonyl (C=O) groups is 1. The molecule has 0 amide bonds. The molecule has 11 heteroatoms. The SMILES string of the molecule is CCCP(=O)([O-])OP(=O)(CCC)OP(=O)(CCC)OC(=O)C(C)C. The van der Waals surface area contributed by atoms with Gasteiger partial charge < -0.3 is 14.0 Å². The first-order valence-corrected chi connectivity index (χ1v) is 13.2. The minimum atomic E-state index is -4.40. The molecule has 0 heterocycles. The highest BCUT2D eigenvalue weighted by atomic mass is 31.3. The average Bonchev–Trinajstić information content (AvgIpc) is 2.36. The lowest BCUT2D eigenvalue weighted by Gasteiger charge is -2.30. The Morgan fingerprint density at radius 1 is 0.875 bits per heavy atom. The van der Waals surface area contributed by atoms with Crippen molar-refractivity contribution in [2.75, 3.05) is 18.5 Å². The van der Waals surface area contributed by atoms with Crippen LogP contribution >= 0.6 is 22.8 Å². The van der Waals surface area contributed by atoms with Crippen LogP contribution in [0.5, 0.6) is 0 Å². The molecule has 144 valence electrons. The highest BCUT2D eigenvalue weighted by Gasteiger charge is 2.40. The molecule has 0 N–H and O–H groups in total. The summed E-state index contributed by atoms with van der Waals surface area (Å²) in [7, 11) is -12.7. The molecule has 0 aromatic heterocycles. The maximum absolute atomic E-state index is 12.8. The van der Waals surface area contributed by atoms with Crippen LogP contribution in [-0.2, 0) is 31.6 Å². The van der Waals surface area contributed by atoms with Gasteiger partial charge in [0.25, 0.3) is 0 Å². The van der Waals surface area contributed by atoms with Crippen molar-refractivity contribution in [1.29, 1.82) is 0 Å². The van der Waals surface area contributed by atoms with Gasteiger partial charge in [0.2, 0.25) is 0 Å². The fourth-order valence-corrected chi connectivity index (χ4v) is 8.76. The van der Waals surface area contributed by atoms with Gasteiger partial charge in [0.1, 0.15) is 7.60 Å². The zero-order valence-electron chi connectivity index (χ0n) is 14.9. The van der Waals surface area contributed by atoms with Crippen molar-refractivity contribution in [2.24, 2.45) is 5.92 Å². The van der Waals surface area contributed by atoms with Crippen molar-refractivity contribution >= 4 is 28.8 Å². The van der Waals surface area contributed by atoms with Gasteiger partial charge in [-0.15, -0.1) is 0 Å². The molecule has 0 aliphatic carbocycles. The molecule has 0 rings (SSSR count). The number of rotatable bonds is 12. The Hall–Kier alpha value is 0.0400. The van der Waals surface area contributed by atoms with E-state index in [0.29, 0.717) is 6.42 Å². The van der Waals surface area contributed by atoms with E-state index in [1.807, 2.05) is 0 Å². The Labute approximate surface area is 144 Å². The monoisotopic (exact) mass is 405 g/mol. The Morgan fingerprint density at radius 3 is 1.75 bits per heavy atom. The van der Waals surface area contributed by atoms with Crippen LogP contribution in [0.15, 0.2) is 0 Å². The lowest BCUT2D eigenvalue weighted by molar-refractivity contribution is -0.191. The molecular weight excluding hydrogens is 377 g/mol. The zero-order chi connectivity index (χ0) is 19.0. The van der Waals surface area contributed by atoms with Crippen LogP contribution in [-0.4, -0.2) is 24.5 Å². The molecule has 8 nitrogen and oxygen atoms in total. The standard InChI is InChI=1S/C13H29O8P3/c1-6-9-22(15,16)20-24(18,11-8-3)21-23(17,10-7-2)19-13(14)12(4)5/h12H,6-11H2,1-5H3,(H,15,16)/p-1. The van der Waals surface area contributed by atoms with Crippen LogP contribution < -0.4 is 4.89 Å². The Morgan fingerprint density at radius 2 is 1.33 bits per heavy atom. The van der Waals surface area contributed by atoms with Crippen molar-refractivity contribution in [3.63, 3.8) is 0 Å². The molecule has 3 unspecified atom stereocenters. The summed E-state index contributed by atoms with van der Waals surface area (Å²) >= 11 is 0. The van der Waals surface area contributed by atoms with Gasteiger partial charge in [-0.3, -0.25) is 13.7 Å². The predicted octanol–water partition coefficient (Wildman–Crippen LogP) is 4.39. The molecule has 0 aromatic carbocycles. The summed E-state index contributed by atoms with van der Waals surface area (Å²) in [5, 5.41) is 0. The molecule has 0 saturated heterocycles. The van der Waals surface area contributed by atoms with E-state index in [2.05, 4.69) is 0 Å². The summed E-state index contributed by atoms with van der Waals surface area (Å²) in [6, 6.07) is 0. The van der Waals surface area contributed by atoms with Gasteiger partial charge >= 0.3 is 21.2 Å². The van der Waals surface area contributed by atoms with Crippen molar-refractivity contribution in [2.45, 2.75) is 53.9 Å². The predicted molar refractivity (Wildman–Crippen MR) is 91.4 cm³/mol. The average molecular weight is 405 g/mol. The van der Waals surface area contributed by atoms with E-state index in [9.17, 15) is 23.4 Å². The number of hydrogen-bond acceptors (Lipinski definition) is 8. The van der Waals surface area contributed by atoms with Crippen LogP contribution in [0.25, 0.3) is 0 Å². The summed E-state index contributed by atoms with van der Waals surface area (Å²) < 4.78 is 52.1. The van der Waals surface area contributed by atoms with E-state index in [-0.39, 0.29) is 31.3 Å². The fourth-order valence-electron chi connectivity index (χ4n) is 1.68. The fraction of sp³-hybridized carbons (Fsp3) is 0.923. The second-order valence-corrected chi connectivity index (χ2v) is 12.2. The van der Waals surface area contributed by atoms with Gasteiger partial charge in [-0.05, 0) is 19.3 Å². The molecule has 0 saturated carbocycles. The van der Waals surface area contributed by atoms with Crippen LogP contribution in [0, 0.1) is 5.92 Å². The maximum atomic E-state index is 12.8. The van der Waals surface area contributed by atoms with Crippen LogP contribution in [0.4, 0.5) is 0 Å². The van der Waals surface area contributed by atoms with E-state index >= 15 is 0 Å². The van der Waals surface area contributed by atoms with Crippen molar-refractivity contribution in [3.8, 4) is 0 Å². The van der Waals surface area contributed by atoms with Crippen LogP contribution in [0.2, 0.25) is 0 Å². The molecule has 0 aliphatic heterocycles. The first-order valence-electron chi connectivity index (χ1n) is 8.06. The first kappa shape index (κ1) is 24.0. The normalized spacial score (nSPS) is 19.3. The smallest absolute Gasteiger partial charge is 0.388 e. The zero-order valence-corrected chi connectivity index (χ0v) is 17.6. The molecule has 3 atom stereocenters. The number of carbonyl (C=O) groups excluding carboxylic acids is 1. The minimum absolute atomic E-state index is 0.167.